The number of nitrogens with zero attached hydrogens (tertiary/aromatic N) is 2. The molecule has 14 atom stereocenters. The van der Waals surface area contributed by atoms with Gasteiger partial charge >= 0.3 is 5.97 Å². The Bertz CT molecular complexity index is 1090. The molecule has 0 aromatic rings. The molecule has 2 aliphatic rings. The van der Waals surface area contributed by atoms with E-state index in [0.717, 1.165) is 46.0 Å². The molecular formula is C46H96N4O11. The van der Waals surface area contributed by atoms with Crippen LogP contribution in [0, 0.1) is 35.0 Å². The third kappa shape index (κ3) is 25.5. The van der Waals surface area contributed by atoms with Gasteiger partial charge in [0.1, 0.15) is 0 Å². The predicted molar refractivity (Wildman–Crippen MR) is 243 cm³/mol. The van der Waals surface area contributed by atoms with E-state index in [1.165, 1.54) is 13.3 Å². The first-order valence-corrected chi connectivity index (χ1v) is 23.1. The minimum Gasteiger partial charge on any atom is -0.456 e. The van der Waals surface area contributed by atoms with E-state index in [2.05, 4.69) is 44.0 Å². The summed E-state index contributed by atoms with van der Waals surface area (Å²) in [6, 6.07) is 2.28. The monoisotopic (exact) mass is 881 g/mol. The van der Waals surface area contributed by atoms with Crippen molar-refractivity contribution >= 4 is 5.97 Å². The van der Waals surface area contributed by atoms with Gasteiger partial charge in [-0.15, -0.1) is 0 Å². The number of esters is 1. The Morgan fingerprint density at radius 3 is 1.95 bits per heavy atom. The van der Waals surface area contributed by atoms with E-state index in [1.54, 1.807) is 27.7 Å². The lowest BCUT2D eigenvalue weighted by Gasteiger charge is -2.46. The van der Waals surface area contributed by atoms with Crippen LogP contribution in [0.4, 0.5) is 0 Å². The Kier molecular flexibility index (Phi) is 36.4. The number of nitrogens with one attached hydrogen (secondary N) is 1. The molecule has 61 heavy (non-hydrogen) atoms. The summed E-state index contributed by atoms with van der Waals surface area (Å²) in [7, 11) is 5.07. The zero-order chi connectivity index (χ0) is 48.1. The summed E-state index contributed by atoms with van der Waals surface area (Å²) in [5, 5.41) is 61.2. The van der Waals surface area contributed by atoms with Crippen LogP contribution in [0.15, 0.2) is 0 Å². The first-order chi connectivity index (χ1) is 28.5. The van der Waals surface area contributed by atoms with Gasteiger partial charge < -0.3 is 65.2 Å². The molecule has 8 N–H and O–H groups in total. The second-order valence-corrected chi connectivity index (χ2v) is 17.3. The Morgan fingerprint density at radius 2 is 1.49 bits per heavy atom. The summed E-state index contributed by atoms with van der Waals surface area (Å²) in [5.41, 5.74) is 3.92. The summed E-state index contributed by atoms with van der Waals surface area (Å²) < 4.78 is 31.3. The van der Waals surface area contributed by atoms with Crippen molar-refractivity contribution in [3.8, 4) is 6.07 Å². The quantitative estimate of drug-likeness (QED) is 0.0416. The third-order valence-corrected chi connectivity index (χ3v) is 10.9. The average Bonchev–Trinajstić information content (AvgIpc) is 3.20. The second kappa shape index (κ2) is 34.8. The van der Waals surface area contributed by atoms with E-state index < -0.39 is 72.3 Å². The van der Waals surface area contributed by atoms with Crippen molar-refractivity contribution < 1.29 is 54.0 Å². The standard InChI is InChI=1S/C34H65NO10.C6H13N3.C3H8.C2H6.CH4O/c1-13-19(3)18-33(9,38)31(45-28-17-25(35(11)12)16-21(5)41-28)22(6)30(44-27-15-20(4)29(36)24(8)42-27)23(7)32(37)43-26(14-2)34(10,39)40;7-3-1-5-9-6-2-4-8;1-3-2;2*1-2/h19-31,36,38-40H,13-18H2,1-12H3;9H,1-3,5-7H2;3H2,1-2H3;1-2H3;2H,1H3/t19-,20?,21?,22-,23?,24?,25?,26+,27-,28?,29+,30-,31+,33+;;;;/m0..../s1. The van der Waals surface area contributed by atoms with Gasteiger partial charge in [0.25, 0.3) is 0 Å². The van der Waals surface area contributed by atoms with Gasteiger partial charge in [0.05, 0.1) is 48.1 Å². The number of nitriles is 1. The first-order valence-electron chi connectivity index (χ1n) is 23.1. The van der Waals surface area contributed by atoms with Crippen LogP contribution < -0.4 is 11.1 Å². The molecule has 2 fully saturated rings. The Morgan fingerprint density at radius 1 is 0.934 bits per heavy atom. The highest BCUT2D eigenvalue weighted by molar-refractivity contribution is 5.73. The minimum absolute atomic E-state index is 0.0464. The number of ether oxygens (including phenoxy) is 5. The molecule has 0 bridgehead atoms. The summed E-state index contributed by atoms with van der Waals surface area (Å²) in [4.78, 5) is 15.8. The molecule has 15 nitrogen and oxygen atoms in total. The van der Waals surface area contributed by atoms with E-state index in [-0.39, 0.29) is 30.4 Å². The summed E-state index contributed by atoms with van der Waals surface area (Å²) in [6.45, 7) is 28.8. The molecule has 0 aromatic carbocycles. The molecule has 15 heteroatoms. The smallest absolute Gasteiger partial charge is 0.311 e. The maximum absolute atomic E-state index is 13.6. The molecule has 0 radical (unpaired) electrons. The Labute approximate surface area is 372 Å². The molecule has 2 aliphatic heterocycles. The Hall–Kier alpha value is -1.52. The molecule has 0 spiro atoms. The fourth-order valence-electron chi connectivity index (χ4n) is 7.42. The van der Waals surface area contributed by atoms with E-state index in [0.29, 0.717) is 25.7 Å². The molecular weight excluding hydrogens is 785 g/mol. The molecule has 2 heterocycles. The van der Waals surface area contributed by atoms with Gasteiger partial charge in [0, 0.05) is 44.9 Å². The normalized spacial score (nSPS) is 26.5. The number of nitrogens with two attached hydrogens (primary N) is 1. The fraction of sp³-hybridized carbons (Fsp3) is 0.957. The number of carbonyl (C=O) groups is 1. The molecule has 0 aliphatic carbocycles. The number of hydrogen-bond acceptors (Lipinski definition) is 15. The van der Waals surface area contributed by atoms with Crippen molar-refractivity contribution in [1.82, 2.24) is 10.2 Å². The van der Waals surface area contributed by atoms with Crippen LogP contribution in [0.3, 0.4) is 0 Å². The van der Waals surface area contributed by atoms with Crippen LogP contribution in [0.2, 0.25) is 0 Å². The first kappa shape index (κ1) is 63.8. The molecule has 0 amide bonds. The molecule has 2 rings (SSSR count). The number of aliphatic hydroxyl groups excluding tert-OH is 2. The number of hydrogen-bond donors (Lipinski definition) is 7. The summed E-state index contributed by atoms with van der Waals surface area (Å²) >= 11 is 0. The van der Waals surface area contributed by atoms with Gasteiger partial charge in [-0.3, -0.25) is 4.79 Å². The maximum Gasteiger partial charge on any atom is 0.311 e. The number of aliphatic hydroxyl groups is 5. The van der Waals surface area contributed by atoms with Crippen LogP contribution in [0.25, 0.3) is 0 Å². The summed E-state index contributed by atoms with van der Waals surface area (Å²) in [6.07, 6.45) is 0.915. The van der Waals surface area contributed by atoms with Crippen LogP contribution in [-0.4, -0.2) is 144 Å². The lowest BCUT2D eigenvalue weighted by atomic mass is 9.77. The van der Waals surface area contributed by atoms with E-state index in [1.807, 2.05) is 48.7 Å². The highest BCUT2D eigenvalue weighted by Gasteiger charge is 2.48. The van der Waals surface area contributed by atoms with E-state index in [9.17, 15) is 25.2 Å². The summed E-state index contributed by atoms with van der Waals surface area (Å²) in [5.74, 6) is -4.26. The van der Waals surface area contributed by atoms with Gasteiger partial charge in [-0.05, 0) is 99.3 Å². The minimum atomic E-state index is -2.22. The van der Waals surface area contributed by atoms with Crippen LogP contribution in [0.1, 0.15) is 155 Å². The maximum atomic E-state index is 13.6. The fourth-order valence-corrected chi connectivity index (χ4v) is 7.42. The zero-order valence-electron chi connectivity index (χ0n) is 41.6. The van der Waals surface area contributed by atoms with E-state index >= 15 is 0 Å². The van der Waals surface area contributed by atoms with Crippen molar-refractivity contribution in [2.75, 3.05) is 40.8 Å². The number of rotatable bonds is 21. The molecule has 366 valence electrons. The molecule has 0 saturated carbocycles. The SMILES string of the molecule is CC.CCC.CC[C@H](C)C[C@@](C)(O)[C@H](OC1CC(N(C)C)CC(C)O1)[C@@H](C)[C@H](O[C@H]1CC(C)[C@@H](O)C(C)O1)C(C)C(=O)O[C@H](CC)C(C)(O)O.CO.N#CCCNCCCN. The van der Waals surface area contributed by atoms with Crippen molar-refractivity contribution in [1.29, 1.82) is 5.26 Å². The highest BCUT2D eigenvalue weighted by Crippen LogP contribution is 2.38. The predicted octanol–water partition coefficient (Wildman–Crippen LogP) is 5.72. The average molecular weight is 881 g/mol. The van der Waals surface area contributed by atoms with Gasteiger partial charge in [0.2, 0.25) is 0 Å². The van der Waals surface area contributed by atoms with Gasteiger partial charge in [-0.2, -0.15) is 5.26 Å². The van der Waals surface area contributed by atoms with Crippen LogP contribution in [-0.2, 0) is 28.5 Å². The third-order valence-electron chi connectivity index (χ3n) is 10.9. The van der Waals surface area contributed by atoms with Crippen LogP contribution in [0.5, 0.6) is 0 Å². The Balaban J connectivity index is -0.00000180. The van der Waals surface area contributed by atoms with Crippen molar-refractivity contribution in [3.63, 3.8) is 0 Å². The lowest BCUT2D eigenvalue weighted by molar-refractivity contribution is -0.291. The number of carbonyl (C=O) groups excluding carboxylic acids is 1. The molecule has 2 saturated heterocycles. The van der Waals surface area contributed by atoms with Gasteiger partial charge in [-0.25, -0.2) is 0 Å². The zero-order valence-corrected chi connectivity index (χ0v) is 41.6. The van der Waals surface area contributed by atoms with Crippen molar-refractivity contribution in [2.24, 2.45) is 29.4 Å². The second-order valence-electron chi connectivity index (χ2n) is 17.3. The van der Waals surface area contributed by atoms with E-state index in [4.69, 9.17) is 39.8 Å². The van der Waals surface area contributed by atoms with Crippen molar-refractivity contribution in [3.05, 3.63) is 0 Å². The van der Waals surface area contributed by atoms with Gasteiger partial charge in [0.15, 0.2) is 24.5 Å². The topological polar surface area (TPSA) is 229 Å². The molecule has 0 aromatic heterocycles. The molecule has 6 unspecified atom stereocenters. The van der Waals surface area contributed by atoms with Crippen molar-refractivity contribution in [2.45, 2.75) is 221 Å². The van der Waals surface area contributed by atoms with Gasteiger partial charge in [-0.1, -0.05) is 75.2 Å². The highest BCUT2D eigenvalue weighted by atomic mass is 16.7. The van der Waals surface area contributed by atoms with Crippen LogP contribution >= 0.6 is 0 Å². The largest absolute Gasteiger partial charge is 0.456 e. The lowest BCUT2D eigenvalue weighted by Crippen LogP contribution is -2.56.